The molecule has 2 N–H and O–H groups in total. The quantitative estimate of drug-likeness (QED) is 0.846. The van der Waals surface area contributed by atoms with Gasteiger partial charge in [-0.25, -0.2) is 4.98 Å². The summed E-state index contributed by atoms with van der Waals surface area (Å²) in [6, 6.07) is 12.7. The first-order valence-corrected chi connectivity index (χ1v) is 5.30. The number of nitrogens with zero attached hydrogens (tertiary/aromatic N) is 1. The van der Waals surface area contributed by atoms with Crippen LogP contribution in [0.1, 0.15) is 10.4 Å². The third-order valence-corrected chi connectivity index (χ3v) is 2.31. The number of hydrogen-bond acceptors (Lipinski definition) is 3. The van der Waals surface area contributed by atoms with Gasteiger partial charge in [0.25, 0.3) is 5.91 Å². The van der Waals surface area contributed by atoms with Gasteiger partial charge in [-0.05, 0) is 24.3 Å². The van der Waals surface area contributed by atoms with Gasteiger partial charge in [0.15, 0.2) is 0 Å². The Hall–Kier alpha value is -2.36. The van der Waals surface area contributed by atoms with Crippen molar-refractivity contribution in [2.24, 2.45) is 0 Å². The highest BCUT2D eigenvalue weighted by Gasteiger charge is 2.04. The lowest BCUT2D eigenvalue weighted by atomic mass is 10.2. The van der Waals surface area contributed by atoms with Gasteiger partial charge in [0.2, 0.25) is 0 Å². The summed E-state index contributed by atoms with van der Waals surface area (Å²) in [7, 11) is 1.80. The second-order valence-corrected chi connectivity index (χ2v) is 3.50. The van der Waals surface area contributed by atoms with E-state index in [1.54, 1.807) is 37.5 Å². The maximum atomic E-state index is 11.8. The SMILES string of the molecule is CNc1ccc(NC(=O)c2ccccc2)cn1. The van der Waals surface area contributed by atoms with Crippen LogP contribution in [0.3, 0.4) is 0 Å². The molecule has 0 saturated carbocycles. The van der Waals surface area contributed by atoms with Crippen LogP contribution in [-0.4, -0.2) is 17.9 Å². The second-order valence-electron chi connectivity index (χ2n) is 3.50. The fourth-order valence-electron chi connectivity index (χ4n) is 1.41. The Labute approximate surface area is 99.7 Å². The van der Waals surface area contributed by atoms with E-state index in [9.17, 15) is 4.79 Å². The fraction of sp³-hybridized carbons (Fsp3) is 0.0769. The zero-order chi connectivity index (χ0) is 12.1. The van der Waals surface area contributed by atoms with Crippen LogP contribution in [0.4, 0.5) is 11.5 Å². The molecule has 1 aromatic carbocycles. The standard InChI is InChI=1S/C13H13N3O/c1-14-12-8-7-11(9-15-12)16-13(17)10-5-3-2-4-6-10/h2-9H,1H3,(H,14,15)(H,16,17). The van der Waals surface area contributed by atoms with Crippen LogP contribution in [0.2, 0.25) is 0 Å². The van der Waals surface area contributed by atoms with Gasteiger partial charge in [-0.2, -0.15) is 0 Å². The van der Waals surface area contributed by atoms with Gasteiger partial charge < -0.3 is 10.6 Å². The minimum Gasteiger partial charge on any atom is -0.373 e. The van der Waals surface area contributed by atoms with Crippen LogP contribution >= 0.6 is 0 Å². The zero-order valence-corrected chi connectivity index (χ0v) is 9.47. The van der Waals surface area contributed by atoms with Crippen LogP contribution in [0.15, 0.2) is 48.7 Å². The Bertz CT molecular complexity index is 494. The molecule has 4 heteroatoms. The van der Waals surface area contributed by atoms with E-state index in [1.807, 2.05) is 18.2 Å². The van der Waals surface area contributed by atoms with Crippen molar-refractivity contribution in [3.05, 3.63) is 54.2 Å². The number of benzene rings is 1. The summed E-state index contributed by atoms with van der Waals surface area (Å²) in [6.45, 7) is 0. The summed E-state index contributed by atoms with van der Waals surface area (Å²) >= 11 is 0. The van der Waals surface area contributed by atoms with Crippen LogP contribution in [-0.2, 0) is 0 Å². The topological polar surface area (TPSA) is 54.0 Å². The Morgan fingerprint density at radius 3 is 2.47 bits per heavy atom. The summed E-state index contributed by atoms with van der Waals surface area (Å²) in [5.74, 6) is 0.632. The molecule has 1 amide bonds. The van der Waals surface area contributed by atoms with Crippen molar-refractivity contribution >= 4 is 17.4 Å². The molecule has 2 aromatic rings. The van der Waals surface area contributed by atoms with Crippen molar-refractivity contribution in [1.29, 1.82) is 0 Å². The number of hydrogen-bond donors (Lipinski definition) is 2. The lowest BCUT2D eigenvalue weighted by Gasteiger charge is -2.05. The van der Waals surface area contributed by atoms with Crippen LogP contribution in [0.25, 0.3) is 0 Å². The lowest BCUT2D eigenvalue weighted by Crippen LogP contribution is -2.11. The maximum absolute atomic E-state index is 11.8. The molecule has 1 aromatic heterocycles. The average Bonchev–Trinajstić information content (AvgIpc) is 2.40. The molecule has 17 heavy (non-hydrogen) atoms. The normalized spacial score (nSPS) is 9.71. The molecule has 1 heterocycles. The third-order valence-electron chi connectivity index (χ3n) is 2.31. The van der Waals surface area contributed by atoms with Crippen molar-refractivity contribution in [1.82, 2.24) is 4.98 Å². The molecule has 0 unspecified atom stereocenters. The van der Waals surface area contributed by atoms with Gasteiger partial charge in [0.1, 0.15) is 5.82 Å². The number of nitrogens with one attached hydrogen (secondary N) is 2. The Morgan fingerprint density at radius 2 is 1.88 bits per heavy atom. The summed E-state index contributed by atoms with van der Waals surface area (Å²) < 4.78 is 0. The molecule has 0 fully saturated rings. The third kappa shape index (κ3) is 2.81. The van der Waals surface area contributed by atoms with Crippen molar-refractivity contribution in [3.8, 4) is 0 Å². The largest absolute Gasteiger partial charge is 0.373 e. The average molecular weight is 227 g/mol. The molecule has 0 radical (unpaired) electrons. The molecule has 2 rings (SSSR count). The Morgan fingerprint density at radius 1 is 1.12 bits per heavy atom. The number of pyridine rings is 1. The molecule has 0 atom stereocenters. The highest BCUT2D eigenvalue weighted by Crippen LogP contribution is 2.10. The number of carbonyl (C=O) groups is 1. The molecule has 0 aliphatic rings. The van der Waals surface area contributed by atoms with Gasteiger partial charge in [0.05, 0.1) is 11.9 Å². The minimum absolute atomic E-state index is 0.135. The molecule has 86 valence electrons. The van der Waals surface area contributed by atoms with Crippen molar-refractivity contribution in [2.75, 3.05) is 17.7 Å². The van der Waals surface area contributed by atoms with E-state index < -0.39 is 0 Å². The number of amides is 1. The van der Waals surface area contributed by atoms with Crippen molar-refractivity contribution in [2.45, 2.75) is 0 Å². The summed E-state index contributed by atoms with van der Waals surface area (Å²) in [5, 5.41) is 5.70. The molecular formula is C13H13N3O. The minimum atomic E-state index is -0.135. The molecule has 0 spiro atoms. The van der Waals surface area contributed by atoms with E-state index in [-0.39, 0.29) is 5.91 Å². The van der Waals surface area contributed by atoms with Crippen LogP contribution in [0.5, 0.6) is 0 Å². The van der Waals surface area contributed by atoms with E-state index in [2.05, 4.69) is 15.6 Å². The molecule has 0 aliphatic heterocycles. The monoisotopic (exact) mass is 227 g/mol. The smallest absolute Gasteiger partial charge is 0.255 e. The van der Waals surface area contributed by atoms with E-state index in [0.29, 0.717) is 11.3 Å². The summed E-state index contributed by atoms with van der Waals surface area (Å²) in [4.78, 5) is 15.9. The first kappa shape index (κ1) is 11.1. The first-order chi connectivity index (χ1) is 8.29. The Kier molecular flexibility index (Phi) is 3.35. The lowest BCUT2D eigenvalue weighted by molar-refractivity contribution is 0.102. The number of aromatic nitrogens is 1. The molecule has 0 bridgehead atoms. The first-order valence-electron chi connectivity index (χ1n) is 5.30. The molecule has 0 aliphatic carbocycles. The highest BCUT2D eigenvalue weighted by atomic mass is 16.1. The zero-order valence-electron chi connectivity index (χ0n) is 9.47. The van der Waals surface area contributed by atoms with E-state index in [0.717, 1.165) is 5.82 Å². The molecule has 0 saturated heterocycles. The predicted molar refractivity (Wildman–Crippen MR) is 68.2 cm³/mol. The van der Waals surface area contributed by atoms with Gasteiger partial charge in [-0.15, -0.1) is 0 Å². The van der Waals surface area contributed by atoms with E-state index in [1.165, 1.54) is 0 Å². The second kappa shape index (κ2) is 5.12. The molecule has 4 nitrogen and oxygen atoms in total. The van der Waals surface area contributed by atoms with E-state index in [4.69, 9.17) is 0 Å². The number of carbonyl (C=O) groups excluding carboxylic acids is 1. The number of anilines is 2. The summed E-state index contributed by atoms with van der Waals surface area (Å²) in [6.07, 6.45) is 1.62. The Balaban J connectivity index is 2.08. The van der Waals surface area contributed by atoms with Crippen LogP contribution in [0, 0.1) is 0 Å². The highest BCUT2D eigenvalue weighted by molar-refractivity contribution is 6.04. The van der Waals surface area contributed by atoms with Crippen molar-refractivity contribution < 1.29 is 4.79 Å². The summed E-state index contributed by atoms with van der Waals surface area (Å²) in [5.41, 5.74) is 1.31. The fourth-order valence-corrected chi connectivity index (χ4v) is 1.41. The van der Waals surface area contributed by atoms with Crippen molar-refractivity contribution in [3.63, 3.8) is 0 Å². The van der Waals surface area contributed by atoms with Gasteiger partial charge in [-0.1, -0.05) is 18.2 Å². The van der Waals surface area contributed by atoms with Gasteiger partial charge >= 0.3 is 0 Å². The predicted octanol–water partition coefficient (Wildman–Crippen LogP) is 2.38. The maximum Gasteiger partial charge on any atom is 0.255 e. The molecular weight excluding hydrogens is 214 g/mol. The van der Waals surface area contributed by atoms with Crippen LogP contribution < -0.4 is 10.6 Å². The van der Waals surface area contributed by atoms with Gasteiger partial charge in [0, 0.05) is 12.6 Å². The number of rotatable bonds is 3. The van der Waals surface area contributed by atoms with E-state index >= 15 is 0 Å². The van der Waals surface area contributed by atoms with Gasteiger partial charge in [-0.3, -0.25) is 4.79 Å².